The van der Waals surface area contributed by atoms with Crippen LogP contribution in [0.5, 0.6) is 0 Å². The van der Waals surface area contributed by atoms with E-state index in [-0.39, 0.29) is 6.10 Å². The number of hydrogen-bond acceptors (Lipinski definition) is 2. The van der Waals surface area contributed by atoms with E-state index in [2.05, 4.69) is 26.8 Å². The molecule has 0 aliphatic heterocycles. The molecule has 27 heavy (non-hydrogen) atoms. The van der Waals surface area contributed by atoms with Crippen LogP contribution >= 0.6 is 0 Å². The number of methoxy groups -OCH3 is 1. The van der Waals surface area contributed by atoms with Crippen molar-refractivity contribution in [2.45, 2.75) is 91.1 Å². The average Bonchev–Trinajstić information content (AvgIpc) is 3.00. The number of aliphatic hydroxyl groups excluding tert-OH is 1. The lowest BCUT2D eigenvalue weighted by molar-refractivity contribution is -0.0574. The SMILES string of the molecule is COCCC[C@@H](C)[C@H]1CCC2C3CC=C4C[C@@H](O)CC[C@]4(C)C3CC[C@@]21C. The Bertz CT molecular complexity index is 569. The minimum absolute atomic E-state index is 0.0847. The van der Waals surface area contributed by atoms with Gasteiger partial charge in [0.05, 0.1) is 6.10 Å². The van der Waals surface area contributed by atoms with Gasteiger partial charge in [-0.15, -0.1) is 0 Å². The van der Waals surface area contributed by atoms with Gasteiger partial charge in [-0.25, -0.2) is 0 Å². The van der Waals surface area contributed by atoms with Crippen LogP contribution in [0.25, 0.3) is 0 Å². The van der Waals surface area contributed by atoms with Gasteiger partial charge in [0.2, 0.25) is 0 Å². The number of hydrogen-bond donors (Lipinski definition) is 1. The van der Waals surface area contributed by atoms with Gasteiger partial charge in [-0.2, -0.15) is 0 Å². The van der Waals surface area contributed by atoms with Gasteiger partial charge in [-0.05, 0) is 105 Å². The molecule has 0 saturated heterocycles. The highest BCUT2D eigenvalue weighted by molar-refractivity contribution is 5.25. The summed E-state index contributed by atoms with van der Waals surface area (Å²) in [4.78, 5) is 0. The van der Waals surface area contributed by atoms with Crippen molar-refractivity contribution in [2.75, 3.05) is 13.7 Å². The number of rotatable bonds is 5. The van der Waals surface area contributed by atoms with Crippen LogP contribution in [0.2, 0.25) is 0 Å². The molecule has 0 radical (unpaired) electrons. The normalized spacial score (nSPS) is 47.6. The van der Waals surface area contributed by atoms with Crippen LogP contribution < -0.4 is 0 Å². The van der Waals surface area contributed by atoms with E-state index in [0.717, 1.165) is 49.0 Å². The molecule has 0 amide bonds. The van der Waals surface area contributed by atoms with E-state index in [0.29, 0.717) is 10.8 Å². The van der Waals surface area contributed by atoms with E-state index in [1.165, 1.54) is 51.4 Å². The Morgan fingerprint density at radius 3 is 2.74 bits per heavy atom. The van der Waals surface area contributed by atoms with Crippen molar-refractivity contribution in [1.29, 1.82) is 0 Å². The van der Waals surface area contributed by atoms with Gasteiger partial charge in [-0.3, -0.25) is 0 Å². The van der Waals surface area contributed by atoms with E-state index in [1.807, 2.05) is 7.11 Å². The molecule has 2 nitrogen and oxygen atoms in total. The molecule has 4 aliphatic carbocycles. The van der Waals surface area contributed by atoms with Crippen LogP contribution in [-0.4, -0.2) is 24.9 Å². The maximum absolute atomic E-state index is 10.2. The van der Waals surface area contributed by atoms with Gasteiger partial charge in [0, 0.05) is 13.7 Å². The lowest BCUT2D eigenvalue weighted by Gasteiger charge is -2.58. The Kier molecular flexibility index (Phi) is 5.53. The van der Waals surface area contributed by atoms with Gasteiger partial charge in [0.15, 0.2) is 0 Å². The van der Waals surface area contributed by atoms with Crippen molar-refractivity contribution >= 4 is 0 Å². The van der Waals surface area contributed by atoms with Crippen LogP contribution in [0.3, 0.4) is 0 Å². The minimum Gasteiger partial charge on any atom is -0.393 e. The summed E-state index contributed by atoms with van der Waals surface area (Å²) < 4.78 is 5.30. The molecule has 154 valence electrons. The second-order valence-electron chi connectivity index (χ2n) is 11.0. The quantitative estimate of drug-likeness (QED) is 0.473. The third-order valence-corrected chi connectivity index (χ3v) is 9.85. The summed E-state index contributed by atoms with van der Waals surface area (Å²) in [7, 11) is 1.83. The van der Waals surface area contributed by atoms with E-state index in [4.69, 9.17) is 4.74 Å². The molecule has 3 fully saturated rings. The summed E-state index contributed by atoms with van der Waals surface area (Å²) in [5, 5.41) is 10.2. The first-order valence-corrected chi connectivity index (χ1v) is 11.8. The largest absolute Gasteiger partial charge is 0.393 e. The highest BCUT2D eigenvalue weighted by atomic mass is 16.5. The zero-order chi connectivity index (χ0) is 19.2. The summed E-state index contributed by atoms with van der Waals surface area (Å²) in [5.41, 5.74) is 2.54. The molecule has 0 aromatic heterocycles. The molecular weight excluding hydrogens is 332 g/mol. The van der Waals surface area contributed by atoms with E-state index >= 15 is 0 Å². The van der Waals surface area contributed by atoms with Crippen LogP contribution in [0, 0.1) is 40.4 Å². The smallest absolute Gasteiger partial charge is 0.0577 e. The summed E-state index contributed by atoms with van der Waals surface area (Å²) in [6.07, 6.45) is 15.2. The predicted molar refractivity (Wildman–Crippen MR) is 111 cm³/mol. The van der Waals surface area contributed by atoms with Gasteiger partial charge >= 0.3 is 0 Å². The third-order valence-electron chi connectivity index (χ3n) is 9.85. The number of ether oxygens (including phenoxy) is 1. The number of fused-ring (bicyclic) bond motifs is 5. The Morgan fingerprint density at radius 2 is 1.96 bits per heavy atom. The second-order valence-corrected chi connectivity index (χ2v) is 11.0. The van der Waals surface area contributed by atoms with Crippen LogP contribution in [0.15, 0.2) is 11.6 Å². The van der Waals surface area contributed by atoms with E-state index in [1.54, 1.807) is 5.57 Å². The molecule has 4 aliphatic rings. The second kappa shape index (κ2) is 7.48. The number of aliphatic hydroxyl groups is 1. The molecule has 3 saturated carbocycles. The lowest BCUT2D eigenvalue weighted by atomic mass is 9.47. The van der Waals surface area contributed by atoms with Crippen molar-refractivity contribution in [2.24, 2.45) is 40.4 Å². The first kappa shape index (κ1) is 20.0. The van der Waals surface area contributed by atoms with Crippen LogP contribution in [-0.2, 0) is 4.74 Å². The molecule has 0 aromatic rings. The van der Waals surface area contributed by atoms with Crippen molar-refractivity contribution in [1.82, 2.24) is 0 Å². The molecule has 0 spiro atoms. The fourth-order valence-electron chi connectivity index (χ4n) is 8.37. The Balaban J connectivity index is 1.52. The van der Waals surface area contributed by atoms with E-state index in [9.17, 15) is 5.11 Å². The highest BCUT2D eigenvalue weighted by Gasteiger charge is 2.59. The monoisotopic (exact) mass is 374 g/mol. The molecule has 2 heteroatoms. The van der Waals surface area contributed by atoms with E-state index < -0.39 is 0 Å². The van der Waals surface area contributed by atoms with Crippen molar-refractivity contribution in [3.8, 4) is 0 Å². The molecule has 4 rings (SSSR count). The summed E-state index contributed by atoms with van der Waals surface area (Å²) in [5.74, 6) is 4.43. The maximum atomic E-state index is 10.2. The lowest BCUT2D eigenvalue weighted by Crippen LogP contribution is -2.50. The maximum Gasteiger partial charge on any atom is 0.0577 e. The standard InChI is InChI=1S/C25H42O2/c1-17(6-5-15-27-4)21-9-10-22-20-8-7-18-16-19(26)11-13-24(18,2)23(20)12-14-25(21,22)3/h7,17,19-23,26H,5-6,8-16H2,1-4H3/t17-,19+,20?,21-,22?,23?,24+,25-/m1/s1. The first-order valence-electron chi connectivity index (χ1n) is 11.8. The fourth-order valence-corrected chi connectivity index (χ4v) is 8.37. The molecule has 0 aromatic carbocycles. The van der Waals surface area contributed by atoms with Crippen molar-refractivity contribution in [3.63, 3.8) is 0 Å². The highest BCUT2D eigenvalue weighted by Crippen LogP contribution is 2.67. The molecule has 8 atom stereocenters. The average molecular weight is 375 g/mol. The van der Waals surface area contributed by atoms with Gasteiger partial charge in [0.25, 0.3) is 0 Å². The molecule has 1 N–H and O–H groups in total. The summed E-state index contributed by atoms with van der Waals surface area (Å²) in [6, 6.07) is 0. The molecular formula is C25H42O2. The fraction of sp³-hybridized carbons (Fsp3) is 0.920. The molecule has 0 bridgehead atoms. The molecule has 0 heterocycles. The summed E-state index contributed by atoms with van der Waals surface area (Å²) >= 11 is 0. The zero-order valence-corrected chi connectivity index (χ0v) is 18.2. The Labute approximate surface area is 167 Å². The zero-order valence-electron chi connectivity index (χ0n) is 18.2. The third kappa shape index (κ3) is 3.23. The van der Waals surface area contributed by atoms with Crippen molar-refractivity contribution < 1.29 is 9.84 Å². The first-order chi connectivity index (χ1) is 12.9. The Morgan fingerprint density at radius 1 is 1.15 bits per heavy atom. The Hall–Kier alpha value is -0.340. The van der Waals surface area contributed by atoms with Crippen LogP contribution in [0.1, 0.15) is 85.0 Å². The topological polar surface area (TPSA) is 29.5 Å². The van der Waals surface area contributed by atoms with Crippen molar-refractivity contribution in [3.05, 3.63) is 11.6 Å². The van der Waals surface area contributed by atoms with Crippen LogP contribution in [0.4, 0.5) is 0 Å². The van der Waals surface area contributed by atoms with Gasteiger partial charge < -0.3 is 9.84 Å². The van der Waals surface area contributed by atoms with Gasteiger partial charge in [0.1, 0.15) is 0 Å². The van der Waals surface area contributed by atoms with Gasteiger partial charge in [-0.1, -0.05) is 32.4 Å². The summed E-state index contributed by atoms with van der Waals surface area (Å²) in [6.45, 7) is 8.64. The minimum atomic E-state index is -0.0847. The molecule has 3 unspecified atom stereocenters. The number of allylic oxidation sites excluding steroid dienone is 1. The predicted octanol–water partition coefficient (Wildman–Crippen LogP) is 5.99.